The first-order chi connectivity index (χ1) is 12.5. The fraction of sp³-hybridized carbons (Fsp3) is 0.312. The standard InChI is InChI=1S/C16H15ClF3N5O2/c1-7(8-2-9(16(18,19)20)4-10(21)3-8)22-13-11-5-25(15(26)27)6-12(11)23-14(17)24-13/h2-4,7H,5-6,21H2,1H3,(H,26,27)(H,22,23,24). The lowest BCUT2D eigenvalue weighted by molar-refractivity contribution is -0.137. The lowest BCUT2D eigenvalue weighted by Gasteiger charge is -2.19. The molecule has 1 aromatic carbocycles. The molecule has 27 heavy (non-hydrogen) atoms. The van der Waals surface area contributed by atoms with Gasteiger partial charge < -0.3 is 16.2 Å². The van der Waals surface area contributed by atoms with Gasteiger partial charge in [0.05, 0.1) is 30.4 Å². The third-order valence-corrected chi connectivity index (χ3v) is 4.35. The second-order valence-electron chi connectivity index (χ2n) is 6.16. The molecule has 0 saturated carbocycles. The van der Waals surface area contributed by atoms with E-state index in [-0.39, 0.29) is 29.9 Å². The van der Waals surface area contributed by atoms with Gasteiger partial charge in [0, 0.05) is 11.3 Å². The van der Waals surface area contributed by atoms with Crippen molar-refractivity contribution in [3.63, 3.8) is 0 Å². The lowest BCUT2D eigenvalue weighted by atomic mass is 10.0. The number of aromatic nitrogens is 2. The molecule has 0 saturated heterocycles. The molecule has 1 unspecified atom stereocenters. The number of halogens is 4. The molecule has 0 bridgehead atoms. The van der Waals surface area contributed by atoms with Crippen molar-refractivity contribution in [2.45, 2.75) is 32.2 Å². The van der Waals surface area contributed by atoms with Crippen molar-refractivity contribution in [3.8, 4) is 0 Å². The van der Waals surface area contributed by atoms with E-state index in [9.17, 15) is 18.0 Å². The fourth-order valence-electron chi connectivity index (χ4n) is 2.86. The number of nitrogens with one attached hydrogen (secondary N) is 1. The average molecular weight is 402 g/mol. The molecular formula is C16H15ClF3N5O2. The van der Waals surface area contributed by atoms with Crippen LogP contribution in [0.5, 0.6) is 0 Å². The SMILES string of the molecule is CC(Nc1nc(Cl)nc2c1CN(C(=O)O)C2)c1cc(N)cc(C(F)(F)F)c1. The second-order valence-corrected chi connectivity index (χ2v) is 6.50. The van der Waals surface area contributed by atoms with Crippen molar-refractivity contribution < 1.29 is 23.1 Å². The molecule has 1 aromatic heterocycles. The molecule has 0 spiro atoms. The molecule has 3 rings (SSSR count). The summed E-state index contributed by atoms with van der Waals surface area (Å²) in [5, 5.41) is 12.0. The maximum absolute atomic E-state index is 13.0. The van der Waals surface area contributed by atoms with Gasteiger partial charge in [-0.1, -0.05) is 0 Å². The number of carbonyl (C=O) groups is 1. The van der Waals surface area contributed by atoms with E-state index >= 15 is 0 Å². The topological polar surface area (TPSA) is 104 Å². The summed E-state index contributed by atoms with van der Waals surface area (Å²) >= 11 is 5.90. The molecule has 1 aliphatic rings. The zero-order chi connectivity index (χ0) is 19.9. The van der Waals surface area contributed by atoms with E-state index < -0.39 is 23.9 Å². The average Bonchev–Trinajstić information content (AvgIpc) is 2.97. The van der Waals surface area contributed by atoms with Crippen LogP contribution in [-0.2, 0) is 19.3 Å². The largest absolute Gasteiger partial charge is 0.465 e. The molecule has 7 nitrogen and oxygen atoms in total. The van der Waals surface area contributed by atoms with Crippen molar-refractivity contribution in [2.24, 2.45) is 0 Å². The van der Waals surface area contributed by atoms with Crippen LogP contribution in [0.2, 0.25) is 5.28 Å². The number of hydrogen-bond acceptors (Lipinski definition) is 5. The number of hydrogen-bond donors (Lipinski definition) is 3. The molecule has 1 aliphatic heterocycles. The number of alkyl halides is 3. The predicted octanol–water partition coefficient (Wildman–Crippen LogP) is 3.90. The Labute approximate surface area is 157 Å². The molecule has 1 atom stereocenters. The molecule has 1 amide bonds. The van der Waals surface area contributed by atoms with Gasteiger partial charge in [-0.3, -0.25) is 4.90 Å². The second kappa shape index (κ2) is 6.76. The van der Waals surface area contributed by atoms with Crippen LogP contribution in [0.15, 0.2) is 18.2 Å². The van der Waals surface area contributed by atoms with Gasteiger partial charge in [0.15, 0.2) is 0 Å². The number of nitrogen functional groups attached to an aromatic ring is 1. The van der Waals surface area contributed by atoms with Gasteiger partial charge in [0.25, 0.3) is 0 Å². The summed E-state index contributed by atoms with van der Waals surface area (Å²) in [5.74, 6) is 0.275. The molecule has 2 aromatic rings. The first-order valence-electron chi connectivity index (χ1n) is 7.82. The molecule has 4 N–H and O–H groups in total. The highest BCUT2D eigenvalue weighted by atomic mass is 35.5. The number of nitrogens with zero attached hydrogens (tertiary/aromatic N) is 3. The Kier molecular flexibility index (Phi) is 4.77. The number of nitrogens with two attached hydrogens (primary N) is 1. The number of rotatable bonds is 3. The van der Waals surface area contributed by atoms with Crippen molar-refractivity contribution >= 4 is 29.2 Å². The van der Waals surface area contributed by atoms with Crippen molar-refractivity contribution in [3.05, 3.63) is 45.9 Å². The minimum absolute atomic E-state index is 0.0172. The molecule has 144 valence electrons. The summed E-state index contributed by atoms with van der Waals surface area (Å²) in [7, 11) is 0. The molecule has 0 radical (unpaired) electrons. The van der Waals surface area contributed by atoms with Gasteiger partial charge in [0.2, 0.25) is 5.28 Å². The molecule has 2 heterocycles. The first-order valence-corrected chi connectivity index (χ1v) is 8.19. The Morgan fingerprint density at radius 1 is 1.33 bits per heavy atom. The van der Waals surface area contributed by atoms with E-state index in [0.717, 1.165) is 17.0 Å². The van der Waals surface area contributed by atoms with Crippen LogP contribution < -0.4 is 11.1 Å². The van der Waals surface area contributed by atoms with Crippen LogP contribution in [0.25, 0.3) is 0 Å². The zero-order valence-electron chi connectivity index (χ0n) is 14.0. The number of fused-ring (bicyclic) bond motifs is 1. The van der Waals surface area contributed by atoms with Crippen LogP contribution in [0.4, 0.5) is 29.5 Å². The number of anilines is 2. The minimum atomic E-state index is -4.52. The van der Waals surface area contributed by atoms with E-state index in [2.05, 4.69) is 15.3 Å². The summed E-state index contributed by atoms with van der Waals surface area (Å²) in [5.41, 5.74) is 6.03. The summed E-state index contributed by atoms with van der Waals surface area (Å²) in [6, 6.07) is 2.70. The number of amides is 1. The number of benzene rings is 1. The quantitative estimate of drug-likeness (QED) is 0.532. The first kappa shape index (κ1) is 19.0. The van der Waals surface area contributed by atoms with Crippen LogP contribution in [0.1, 0.15) is 35.3 Å². The Morgan fingerprint density at radius 3 is 2.67 bits per heavy atom. The van der Waals surface area contributed by atoms with Gasteiger partial charge in [0.1, 0.15) is 5.82 Å². The van der Waals surface area contributed by atoms with Crippen molar-refractivity contribution in [2.75, 3.05) is 11.1 Å². The normalized spacial score (nSPS) is 14.8. The molecule has 0 aliphatic carbocycles. The highest BCUT2D eigenvalue weighted by Crippen LogP contribution is 2.34. The molecule has 11 heteroatoms. The third-order valence-electron chi connectivity index (χ3n) is 4.18. The van der Waals surface area contributed by atoms with E-state index in [1.54, 1.807) is 6.92 Å². The summed E-state index contributed by atoms with van der Waals surface area (Å²) in [6.45, 7) is 1.76. The molecule has 0 fully saturated rings. The van der Waals surface area contributed by atoms with Crippen molar-refractivity contribution in [1.29, 1.82) is 0 Å². The summed E-state index contributed by atoms with van der Waals surface area (Å²) < 4.78 is 39.0. The van der Waals surface area contributed by atoms with Crippen LogP contribution in [0, 0.1) is 0 Å². The monoisotopic (exact) mass is 401 g/mol. The van der Waals surface area contributed by atoms with Gasteiger partial charge in [-0.05, 0) is 42.3 Å². The van der Waals surface area contributed by atoms with Crippen molar-refractivity contribution in [1.82, 2.24) is 14.9 Å². The fourth-order valence-corrected chi connectivity index (χ4v) is 3.04. The summed E-state index contributed by atoms with van der Waals surface area (Å²) in [6.07, 6.45) is -5.64. The molecular weight excluding hydrogens is 387 g/mol. The minimum Gasteiger partial charge on any atom is -0.465 e. The van der Waals surface area contributed by atoms with E-state index in [1.807, 2.05) is 0 Å². The number of carboxylic acid groups (broad SMARTS) is 1. The van der Waals surface area contributed by atoms with E-state index in [0.29, 0.717) is 16.8 Å². The highest BCUT2D eigenvalue weighted by molar-refractivity contribution is 6.28. The van der Waals surface area contributed by atoms with Crippen LogP contribution >= 0.6 is 11.6 Å². The lowest BCUT2D eigenvalue weighted by Crippen LogP contribution is -2.23. The van der Waals surface area contributed by atoms with E-state index in [4.69, 9.17) is 22.4 Å². The Hall–Kier alpha value is -2.75. The highest BCUT2D eigenvalue weighted by Gasteiger charge is 2.32. The maximum atomic E-state index is 13.0. The van der Waals surface area contributed by atoms with Gasteiger partial charge >= 0.3 is 12.3 Å². The summed E-state index contributed by atoms with van der Waals surface area (Å²) in [4.78, 5) is 20.4. The van der Waals surface area contributed by atoms with Crippen LogP contribution in [0.3, 0.4) is 0 Å². The van der Waals surface area contributed by atoms with Gasteiger partial charge in [-0.15, -0.1) is 0 Å². The Balaban J connectivity index is 1.91. The Morgan fingerprint density at radius 2 is 2.04 bits per heavy atom. The zero-order valence-corrected chi connectivity index (χ0v) is 14.8. The van der Waals surface area contributed by atoms with Gasteiger partial charge in [-0.25, -0.2) is 14.8 Å². The van der Waals surface area contributed by atoms with Gasteiger partial charge in [-0.2, -0.15) is 13.2 Å². The third kappa shape index (κ3) is 4.00. The Bertz CT molecular complexity index is 906. The van der Waals surface area contributed by atoms with E-state index in [1.165, 1.54) is 6.07 Å². The predicted molar refractivity (Wildman–Crippen MR) is 92.2 cm³/mol. The maximum Gasteiger partial charge on any atom is 0.416 e. The van der Waals surface area contributed by atoms with Crippen LogP contribution in [-0.4, -0.2) is 26.1 Å². The smallest absolute Gasteiger partial charge is 0.416 e.